The van der Waals surface area contributed by atoms with E-state index in [4.69, 9.17) is 9.47 Å². The number of amides is 1. The highest BCUT2D eigenvalue weighted by Gasteiger charge is 2.16. The molecule has 0 bridgehead atoms. The summed E-state index contributed by atoms with van der Waals surface area (Å²) in [7, 11) is 0. The Labute approximate surface area is 153 Å². The molecule has 1 atom stereocenters. The zero-order chi connectivity index (χ0) is 17.8. The topological polar surface area (TPSA) is 59.6 Å². The normalized spacial score (nSPS) is 18.5. The molecule has 2 N–H and O–H groups in total. The van der Waals surface area contributed by atoms with Crippen molar-refractivity contribution in [2.45, 2.75) is 38.6 Å². The minimum absolute atomic E-state index is 0.0747. The number of fused-ring (bicyclic) bond motifs is 1. The molecule has 1 amide bonds. The summed E-state index contributed by atoms with van der Waals surface area (Å²) in [4.78, 5) is 12.3. The van der Waals surface area contributed by atoms with E-state index >= 15 is 0 Å². The predicted octanol–water partition coefficient (Wildman–Crippen LogP) is 2.78. The molecule has 0 aliphatic carbocycles. The molecule has 0 aromatic heterocycles. The number of carbonyl (C=O) groups is 1. The first-order valence-corrected chi connectivity index (χ1v) is 9.22. The van der Waals surface area contributed by atoms with Gasteiger partial charge in [-0.3, -0.25) is 4.79 Å². The van der Waals surface area contributed by atoms with Gasteiger partial charge in [-0.05, 0) is 53.8 Å². The second kappa shape index (κ2) is 7.89. The minimum atomic E-state index is -0.0747. The molecule has 2 aromatic carbocycles. The molecule has 1 fully saturated rings. The van der Waals surface area contributed by atoms with E-state index in [0.717, 1.165) is 43.9 Å². The average Bonchev–Trinajstić information content (AvgIpc) is 3.36. The largest absolute Gasteiger partial charge is 0.491 e. The third kappa shape index (κ3) is 4.06. The van der Waals surface area contributed by atoms with E-state index < -0.39 is 0 Å². The SMILES string of the molecule is O=C(NCc1ccc2c(c1)CNC2)c1ccc(OCC2CCCO2)cc1. The highest BCUT2D eigenvalue weighted by molar-refractivity contribution is 5.94. The first-order valence-electron chi connectivity index (χ1n) is 9.22. The van der Waals surface area contributed by atoms with Crippen LogP contribution < -0.4 is 15.4 Å². The number of hydrogen-bond donors (Lipinski definition) is 2. The Kier molecular flexibility index (Phi) is 5.18. The lowest BCUT2D eigenvalue weighted by molar-refractivity contribution is 0.0679. The van der Waals surface area contributed by atoms with Crippen molar-refractivity contribution in [2.75, 3.05) is 13.2 Å². The van der Waals surface area contributed by atoms with Gasteiger partial charge in [-0.2, -0.15) is 0 Å². The molecule has 0 radical (unpaired) electrons. The second-order valence-electron chi connectivity index (χ2n) is 6.86. The van der Waals surface area contributed by atoms with Crippen LogP contribution in [0.3, 0.4) is 0 Å². The third-order valence-electron chi connectivity index (χ3n) is 4.93. The fraction of sp³-hybridized carbons (Fsp3) is 0.381. The molecule has 1 saturated heterocycles. The van der Waals surface area contributed by atoms with E-state index in [1.165, 1.54) is 11.1 Å². The first kappa shape index (κ1) is 17.1. The van der Waals surface area contributed by atoms with Crippen molar-refractivity contribution in [3.8, 4) is 5.75 Å². The van der Waals surface area contributed by atoms with E-state index in [9.17, 15) is 4.79 Å². The number of ether oxygens (including phenoxy) is 2. The Morgan fingerprint density at radius 2 is 2.00 bits per heavy atom. The molecule has 2 aromatic rings. The Bertz CT molecular complexity index is 767. The van der Waals surface area contributed by atoms with Crippen molar-refractivity contribution in [2.24, 2.45) is 0 Å². The molecular formula is C21H24N2O3. The van der Waals surface area contributed by atoms with Crippen LogP contribution in [-0.2, 0) is 24.4 Å². The number of carbonyl (C=O) groups excluding carboxylic acids is 1. The molecular weight excluding hydrogens is 328 g/mol. The van der Waals surface area contributed by atoms with Crippen molar-refractivity contribution in [1.82, 2.24) is 10.6 Å². The second-order valence-corrected chi connectivity index (χ2v) is 6.86. The molecule has 2 aliphatic heterocycles. The predicted molar refractivity (Wildman–Crippen MR) is 99.1 cm³/mol. The number of nitrogens with one attached hydrogen (secondary N) is 2. The van der Waals surface area contributed by atoms with Gasteiger partial charge in [0.25, 0.3) is 5.91 Å². The van der Waals surface area contributed by atoms with Crippen LogP contribution in [0.15, 0.2) is 42.5 Å². The Morgan fingerprint density at radius 3 is 2.81 bits per heavy atom. The zero-order valence-electron chi connectivity index (χ0n) is 14.8. The van der Waals surface area contributed by atoms with Crippen LogP contribution in [0.5, 0.6) is 5.75 Å². The van der Waals surface area contributed by atoms with E-state index in [1.54, 1.807) is 12.1 Å². The maximum absolute atomic E-state index is 12.3. The van der Waals surface area contributed by atoms with Gasteiger partial charge in [0.15, 0.2) is 0 Å². The van der Waals surface area contributed by atoms with Gasteiger partial charge in [-0.25, -0.2) is 0 Å². The van der Waals surface area contributed by atoms with E-state index in [-0.39, 0.29) is 12.0 Å². The van der Waals surface area contributed by atoms with Gasteiger partial charge in [0, 0.05) is 31.8 Å². The molecule has 136 valence electrons. The van der Waals surface area contributed by atoms with Crippen LogP contribution >= 0.6 is 0 Å². The van der Waals surface area contributed by atoms with Crippen LogP contribution in [0.1, 0.15) is 39.9 Å². The van der Waals surface area contributed by atoms with Gasteiger partial charge in [0.05, 0.1) is 6.10 Å². The summed E-state index contributed by atoms with van der Waals surface area (Å²) in [6.07, 6.45) is 2.35. The van der Waals surface area contributed by atoms with Crippen molar-refractivity contribution in [3.63, 3.8) is 0 Å². The maximum atomic E-state index is 12.3. The van der Waals surface area contributed by atoms with Crippen LogP contribution in [0.25, 0.3) is 0 Å². The Morgan fingerprint density at radius 1 is 1.15 bits per heavy atom. The summed E-state index contributed by atoms with van der Waals surface area (Å²) in [6.45, 7) is 3.77. The van der Waals surface area contributed by atoms with Gasteiger partial charge in [-0.15, -0.1) is 0 Å². The number of hydrogen-bond acceptors (Lipinski definition) is 4. The summed E-state index contributed by atoms with van der Waals surface area (Å²) in [6, 6.07) is 13.7. The lowest BCUT2D eigenvalue weighted by Gasteiger charge is -2.12. The van der Waals surface area contributed by atoms with Crippen LogP contribution in [0, 0.1) is 0 Å². The molecule has 0 spiro atoms. The van der Waals surface area contributed by atoms with Gasteiger partial charge in [0.2, 0.25) is 0 Å². The maximum Gasteiger partial charge on any atom is 0.251 e. The molecule has 5 heteroatoms. The Hall–Kier alpha value is -2.37. The molecule has 0 saturated carbocycles. The minimum Gasteiger partial charge on any atom is -0.491 e. The standard InChI is InChI=1S/C21H24N2O3/c24-21(23-11-15-3-4-17-12-22-13-18(17)10-15)16-5-7-19(8-6-16)26-14-20-2-1-9-25-20/h3-8,10,20,22H,1-2,9,11-14H2,(H,23,24). The van der Waals surface area contributed by atoms with Crippen molar-refractivity contribution in [3.05, 3.63) is 64.7 Å². The molecule has 1 unspecified atom stereocenters. The number of rotatable bonds is 6. The quantitative estimate of drug-likeness (QED) is 0.839. The van der Waals surface area contributed by atoms with Crippen molar-refractivity contribution in [1.29, 1.82) is 0 Å². The lowest BCUT2D eigenvalue weighted by Crippen LogP contribution is -2.22. The molecule has 4 rings (SSSR count). The highest BCUT2D eigenvalue weighted by atomic mass is 16.5. The highest BCUT2D eigenvalue weighted by Crippen LogP contribution is 2.18. The average molecular weight is 352 g/mol. The van der Waals surface area contributed by atoms with E-state index in [1.807, 2.05) is 12.1 Å². The summed E-state index contributed by atoms with van der Waals surface area (Å²) < 4.78 is 11.3. The fourth-order valence-electron chi connectivity index (χ4n) is 3.41. The monoisotopic (exact) mass is 352 g/mol. The lowest BCUT2D eigenvalue weighted by atomic mass is 10.1. The third-order valence-corrected chi connectivity index (χ3v) is 4.93. The summed E-state index contributed by atoms with van der Waals surface area (Å²) in [5.74, 6) is 0.692. The van der Waals surface area contributed by atoms with Crippen molar-refractivity contribution >= 4 is 5.91 Å². The van der Waals surface area contributed by atoms with Gasteiger partial charge in [-0.1, -0.05) is 18.2 Å². The van der Waals surface area contributed by atoms with Crippen LogP contribution in [0.4, 0.5) is 0 Å². The van der Waals surface area contributed by atoms with E-state index in [2.05, 4.69) is 28.8 Å². The molecule has 2 heterocycles. The summed E-state index contributed by atoms with van der Waals surface area (Å²) >= 11 is 0. The molecule has 2 aliphatic rings. The van der Waals surface area contributed by atoms with E-state index in [0.29, 0.717) is 18.7 Å². The van der Waals surface area contributed by atoms with Gasteiger partial charge >= 0.3 is 0 Å². The van der Waals surface area contributed by atoms with Crippen molar-refractivity contribution < 1.29 is 14.3 Å². The van der Waals surface area contributed by atoms with Gasteiger partial charge < -0.3 is 20.1 Å². The summed E-state index contributed by atoms with van der Waals surface area (Å²) in [5.41, 5.74) is 4.43. The van der Waals surface area contributed by atoms with Crippen LogP contribution in [-0.4, -0.2) is 25.2 Å². The Balaban J connectivity index is 1.28. The first-order chi connectivity index (χ1) is 12.8. The van der Waals surface area contributed by atoms with Crippen LogP contribution in [0.2, 0.25) is 0 Å². The zero-order valence-corrected chi connectivity index (χ0v) is 14.8. The fourth-order valence-corrected chi connectivity index (χ4v) is 3.41. The molecule has 26 heavy (non-hydrogen) atoms. The van der Waals surface area contributed by atoms with Gasteiger partial charge in [0.1, 0.15) is 12.4 Å². The molecule has 5 nitrogen and oxygen atoms in total. The number of benzene rings is 2. The smallest absolute Gasteiger partial charge is 0.251 e. The summed E-state index contributed by atoms with van der Waals surface area (Å²) in [5, 5.41) is 6.31.